The van der Waals surface area contributed by atoms with E-state index in [1.165, 1.54) is 10.9 Å². The summed E-state index contributed by atoms with van der Waals surface area (Å²) >= 11 is 0. The summed E-state index contributed by atoms with van der Waals surface area (Å²) in [6, 6.07) is 4.87. The summed E-state index contributed by atoms with van der Waals surface area (Å²) in [5, 5.41) is 14.1. The van der Waals surface area contributed by atoms with Gasteiger partial charge in [-0.3, -0.25) is 14.2 Å². The van der Waals surface area contributed by atoms with Crippen LogP contribution in [0.1, 0.15) is 33.7 Å². The highest BCUT2D eigenvalue weighted by Gasteiger charge is 2.28. The molecule has 2 atom stereocenters. The lowest BCUT2D eigenvalue weighted by Gasteiger charge is -2.28. The molecule has 0 aliphatic heterocycles. The zero-order chi connectivity index (χ0) is 18.7. The van der Waals surface area contributed by atoms with Crippen molar-refractivity contribution in [3.63, 3.8) is 0 Å². The second-order valence-electron chi connectivity index (χ2n) is 6.71. The number of carbonyl (C=O) groups is 2. The zero-order valence-electron chi connectivity index (χ0n) is 14.7. The van der Waals surface area contributed by atoms with Crippen molar-refractivity contribution < 1.29 is 14.7 Å². The predicted octanol–water partition coefficient (Wildman–Crippen LogP) is 0.484. The monoisotopic (exact) mass is 344 g/mol. The molecule has 0 radical (unpaired) electrons. The molecular weight excluding hydrogens is 322 g/mol. The third-order valence-electron chi connectivity index (χ3n) is 4.11. The van der Waals surface area contributed by atoms with Gasteiger partial charge in [-0.15, -0.1) is 0 Å². The predicted molar refractivity (Wildman–Crippen MR) is 91.7 cm³/mol. The first-order chi connectivity index (χ1) is 11.7. The molecule has 1 aromatic carbocycles. The lowest BCUT2D eigenvalue weighted by atomic mass is 10.00. The Labute approximate surface area is 145 Å². The number of carboxylic acid groups (broad SMARTS) is 1. The number of hydrogen-bond donors (Lipinski definition) is 1. The van der Waals surface area contributed by atoms with E-state index in [-0.39, 0.29) is 17.4 Å². The second kappa shape index (κ2) is 7.46. The van der Waals surface area contributed by atoms with Gasteiger partial charge in [0, 0.05) is 0 Å². The molecule has 0 aliphatic rings. The molecule has 2 aromatic rings. The number of aromatic nitrogens is 2. The molecule has 0 aliphatic carbocycles. The van der Waals surface area contributed by atoms with Gasteiger partial charge in [-0.2, -0.15) is 0 Å². The number of fused-ring (bicyclic) bond motifs is 1. The Bertz CT molecular complexity index is 842. The number of hydrogen-bond acceptors (Lipinski definition) is 5. The van der Waals surface area contributed by atoms with E-state index in [9.17, 15) is 19.5 Å². The lowest BCUT2D eigenvalue weighted by molar-refractivity contribution is -0.309. The van der Waals surface area contributed by atoms with Crippen molar-refractivity contribution >= 4 is 22.8 Å². The van der Waals surface area contributed by atoms with Crippen LogP contribution in [0.4, 0.5) is 0 Å². The highest BCUT2D eigenvalue weighted by Crippen LogP contribution is 2.18. The summed E-state index contributed by atoms with van der Waals surface area (Å²) in [5.41, 5.74) is 0.204. The highest BCUT2D eigenvalue weighted by molar-refractivity contribution is 5.86. The average Bonchev–Trinajstić information content (AvgIpc) is 2.54. The fourth-order valence-corrected chi connectivity index (χ4v) is 2.77. The number of benzene rings is 1. The van der Waals surface area contributed by atoms with Gasteiger partial charge in [-0.25, -0.2) is 4.98 Å². The molecule has 1 aromatic heterocycles. The van der Waals surface area contributed by atoms with Crippen molar-refractivity contribution in [1.29, 1.82) is 0 Å². The standard InChI is InChI=1S/C18H23N3O4/c1-10(2)14(18(24)25)20-16(22)15(11(3)4)21-9-19-13-8-6-5-7-12(13)17(21)23/h5-11,14-15H,1-4H3,(H,20,22)(H,24,25)/p-1/t14-,15-/m0/s1. The quantitative estimate of drug-likeness (QED) is 0.821. The minimum absolute atomic E-state index is 0.241. The van der Waals surface area contributed by atoms with E-state index in [1.807, 2.05) is 0 Å². The van der Waals surface area contributed by atoms with Gasteiger partial charge >= 0.3 is 0 Å². The third kappa shape index (κ3) is 3.87. The van der Waals surface area contributed by atoms with Crippen LogP contribution in [0.15, 0.2) is 35.4 Å². The molecule has 25 heavy (non-hydrogen) atoms. The molecule has 7 nitrogen and oxygen atoms in total. The number of para-hydroxylation sites is 1. The summed E-state index contributed by atoms with van der Waals surface area (Å²) in [5.74, 6) is -2.48. The first kappa shape index (κ1) is 18.6. The van der Waals surface area contributed by atoms with Crippen LogP contribution in [0.3, 0.4) is 0 Å². The molecule has 1 heterocycles. The van der Waals surface area contributed by atoms with Crippen molar-refractivity contribution in [3.8, 4) is 0 Å². The fourth-order valence-electron chi connectivity index (χ4n) is 2.77. The zero-order valence-corrected chi connectivity index (χ0v) is 14.7. The van der Waals surface area contributed by atoms with E-state index < -0.39 is 24.0 Å². The smallest absolute Gasteiger partial charge is 0.261 e. The molecule has 0 fully saturated rings. The first-order valence-electron chi connectivity index (χ1n) is 8.21. The molecule has 0 unspecified atom stereocenters. The number of aliphatic carboxylic acids is 1. The second-order valence-corrected chi connectivity index (χ2v) is 6.71. The van der Waals surface area contributed by atoms with Crippen molar-refractivity contribution in [3.05, 3.63) is 40.9 Å². The van der Waals surface area contributed by atoms with Crippen LogP contribution >= 0.6 is 0 Å². The van der Waals surface area contributed by atoms with Crippen LogP contribution in [0, 0.1) is 11.8 Å². The minimum atomic E-state index is -1.35. The van der Waals surface area contributed by atoms with E-state index in [1.54, 1.807) is 52.0 Å². The summed E-state index contributed by atoms with van der Waals surface area (Å²) in [6.45, 7) is 6.92. The Hall–Kier alpha value is -2.70. The van der Waals surface area contributed by atoms with E-state index >= 15 is 0 Å². The van der Waals surface area contributed by atoms with Crippen LogP contribution in [0.25, 0.3) is 10.9 Å². The van der Waals surface area contributed by atoms with Gasteiger partial charge in [0.1, 0.15) is 6.04 Å². The molecule has 0 bridgehead atoms. The van der Waals surface area contributed by atoms with Gasteiger partial charge in [-0.05, 0) is 24.0 Å². The maximum Gasteiger partial charge on any atom is 0.261 e. The summed E-state index contributed by atoms with van der Waals surface area (Å²) in [6.07, 6.45) is 1.33. The topological polar surface area (TPSA) is 104 Å². The molecule has 1 N–H and O–H groups in total. The van der Waals surface area contributed by atoms with Gasteiger partial charge in [0.2, 0.25) is 5.91 Å². The summed E-state index contributed by atoms with van der Waals surface area (Å²) in [4.78, 5) is 40.9. The normalized spacial score (nSPS) is 13.8. The minimum Gasteiger partial charge on any atom is -0.548 e. The van der Waals surface area contributed by atoms with Crippen molar-refractivity contribution in [2.24, 2.45) is 11.8 Å². The molecular formula is C18H22N3O4-. The Balaban J connectivity index is 2.45. The Morgan fingerprint density at radius 1 is 1.12 bits per heavy atom. The Morgan fingerprint density at radius 3 is 2.32 bits per heavy atom. The molecule has 0 spiro atoms. The van der Waals surface area contributed by atoms with Crippen molar-refractivity contribution in [2.75, 3.05) is 0 Å². The van der Waals surface area contributed by atoms with E-state index in [0.717, 1.165) is 0 Å². The summed E-state index contributed by atoms with van der Waals surface area (Å²) < 4.78 is 1.26. The fraction of sp³-hybridized carbons (Fsp3) is 0.444. The van der Waals surface area contributed by atoms with Crippen molar-refractivity contribution in [2.45, 2.75) is 39.8 Å². The molecule has 134 valence electrons. The van der Waals surface area contributed by atoms with Crippen LogP contribution in [-0.2, 0) is 9.59 Å². The SMILES string of the molecule is CC(C)[C@H](NC(=O)[C@H](C(C)C)n1cnc2ccccc2c1=O)C(=O)[O-]. The lowest BCUT2D eigenvalue weighted by Crippen LogP contribution is -2.53. The number of carbonyl (C=O) groups excluding carboxylic acids is 2. The van der Waals surface area contributed by atoms with Crippen LogP contribution < -0.4 is 16.0 Å². The number of amides is 1. The number of rotatable bonds is 6. The first-order valence-corrected chi connectivity index (χ1v) is 8.21. The van der Waals surface area contributed by atoms with Gasteiger partial charge < -0.3 is 15.2 Å². The van der Waals surface area contributed by atoms with E-state index in [4.69, 9.17) is 0 Å². The molecule has 7 heteroatoms. The van der Waals surface area contributed by atoms with Crippen LogP contribution in [0.2, 0.25) is 0 Å². The average molecular weight is 344 g/mol. The van der Waals surface area contributed by atoms with E-state index in [2.05, 4.69) is 10.3 Å². The maximum absolute atomic E-state index is 12.7. The maximum atomic E-state index is 12.7. The van der Waals surface area contributed by atoms with Gasteiger partial charge in [0.15, 0.2) is 0 Å². The largest absolute Gasteiger partial charge is 0.548 e. The molecule has 0 saturated heterocycles. The molecule has 0 saturated carbocycles. The number of carboxylic acids is 1. The Morgan fingerprint density at radius 2 is 1.76 bits per heavy atom. The van der Waals surface area contributed by atoms with Gasteiger partial charge in [-0.1, -0.05) is 39.8 Å². The number of nitrogens with one attached hydrogen (secondary N) is 1. The third-order valence-corrected chi connectivity index (χ3v) is 4.11. The van der Waals surface area contributed by atoms with E-state index in [0.29, 0.717) is 10.9 Å². The van der Waals surface area contributed by atoms with Crippen LogP contribution in [-0.4, -0.2) is 27.5 Å². The Kier molecular flexibility index (Phi) is 5.56. The van der Waals surface area contributed by atoms with Gasteiger partial charge in [0.25, 0.3) is 5.56 Å². The summed E-state index contributed by atoms with van der Waals surface area (Å²) in [7, 11) is 0. The van der Waals surface area contributed by atoms with Crippen LogP contribution in [0.5, 0.6) is 0 Å². The molecule has 2 rings (SSSR count). The highest BCUT2D eigenvalue weighted by atomic mass is 16.4. The number of nitrogens with zero attached hydrogens (tertiary/aromatic N) is 2. The van der Waals surface area contributed by atoms with Crippen molar-refractivity contribution in [1.82, 2.24) is 14.9 Å². The van der Waals surface area contributed by atoms with Gasteiger partial charge in [0.05, 0.1) is 29.2 Å². The molecule has 1 amide bonds.